The number of nitrogens with zero attached hydrogens (tertiary/aromatic N) is 2. The zero-order valence-corrected chi connectivity index (χ0v) is 17.9. The number of carbonyl (C=O) groups excluding carboxylic acids is 2. The molecule has 1 rings (SSSR count). The molecule has 156 valence electrons. The number of likely N-dealkylation sites (tertiary alicyclic amines) is 1. The number of nitrogens with one attached hydrogen (secondary N) is 3. The topological polar surface area (TPSA) is 95.1 Å². The van der Waals surface area contributed by atoms with E-state index >= 15 is 0 Å². The van der Waals surface area contributed by atoms with Gasteiger partial charge < -0.3 is 25.6 Å². The lowest BCUT2D eigenvalue weighted by atomic mass is 9.92. The Morgan fingerprint density at radius 1 is 1.19 bits per heavy atom. The predicted molar refractivity (Wildman–Crippen MR) is 108 cm³/mol. The van der Waals surface area contributed by atoms with Crippen LogP contribution in [0.3, 0.4) is 0 Å². The first-order valence-electron chi connectivity index (χ1n) is 9.72. The maximum absolute atomic E-state index is 12.3. The van der Waals surface area contributed by atoms with E-state index in [4.69, 9.17) is 4.74 Å². The number of hydrogen-bond donors (Lipinski definition) is 3. The maximum Gasteiger partial charge on any atom is 0.410 e. The van der Waals surface area contributed by atoms with E-state index < -0.39 is 11.0 Å². The van der Waals surface area contributed by atoms with Crippen LogP contribution in [0.5, 0.6) is 0 Å². The molecule has 1 heterocycles. The van der Waals surface area contributed by atoms with Crippen LogP contribution in [0.2, 0.25) is 0 Å². The van der Waals surface area contributed by atoms with Crippen molar-refractivity contribution in [3.63, 3.8) is 0 Å². The van der Waals surface area contributed by atoms with Crippen molar-refractivity contribution in [2.24, 2.45) is 10.4 Å². The highest BCUT2D eigenvalue weighted by Crippen LogP contribution is 2.16. The van der Waals surface area contributed by atoms with Gasteiger partial charge in [0.2, 0.25) is 5.91 Å². The van der Waals surface area contributed by atoms with E-state index in [0.29, 0.717) is 32.1 Å². The molecule has 8 heteroatoms. The molecule has 0 aromatic carbocycles. The van der Waals surface area contributed by atoms with Crippen LogP contribution in [0.4, 0.5) is 4.79 Å². The second-order valence-corrected chi connectivity index (χ2v) is 8.58. The lowest BCUT2D eigenvalue weighted by molar-refractivity contribution is -0.128. The third kappa shape index (κ3) is 8.05. The van der Waals surface area contributed by atoms with E-state index in [0.717, 1.165) is 12.8 Å². The Hall–Kier alpha value is -1.99. The SMILES string of the molecule is CCNC(=O)C(C)(C)CNC(=NC)NC1CCCN(C(=O)OC(C)(C)C)C1. The van der Waals surface area contributed by atoms with E-state index in [1.165, 1.54) is 0 Å². The van der Waals surface area contributed by atoms with Gasteiger partial charge in [-0.2, -0.15) is 0 Å². The molecule has 1 atom stereocenters. The van der Waals surface area contributed by atoms with Gasteiger partial charge >= 0.3 is 6.09 Å². The minimum Gasteiger partial charge on any atom is -0.444 e. The third-order valence-corrected chi connectivity index (χ3v) is 4.29. The summed E-state index contributed by atoms with van der Waals surface area (Å²) in [6.45, 7) is 13.6. The molecule has 8 nitrogen and oxygen atoms in total. The van der Waals surface area contributed by atoms with Crippen molar-refractivity contribution in [2.45, 2.75) is 66.0 Å². The Balaban J connectivity index is 2.57. The molecular formula is C19H37N5O3. The zero-order chi connectivity index (χ0) is 20.7. The Morgan fingerprint density at radius 3 is 2.41 bits per heavy atom. The van der Waals surface area contributed by atoms with Crippen LogP contribution in [0.25, 0.3) is 0 Å². The molecule has 0 aliphatic carbocycles. The summed E-state index contributed by atoms with van der Waals surface area (Å²) >= 11 is 0. The van der Waals surface area contributed by atoms with Gasteiger partial charge in [0, 0.05) is 39.3 Å². The van der Waals surface area contributed by atoms with Gasteiger partial charge in [-0.05, 0) is 54.4 Å². The average Bonchev–Trinajstić information content (AvgIpc) is 2.57. The molecule has 1 fully saturated rings. The summed E-state index contributed by atoms with van der Waals surface area (Å²) < 4.78 is 5.47. The molecule has 0 aromatic heterocycles. The summed E-state index contributed by atoms with van der Waals surface area (Å²) in [6, 6.07) is 0.0880. The molecular weight excluding hydrogens is 346 g/mol. The molecule has 0 radical (unpaired) electrons. The van der Waals surface area contributed by atoms with Crippen LogP contribution in [0.15, 0.2) is 4.99 Å². The molecule has 27 heavy (non-hydrogen) atoms. The van der Waals surface area contributed by atoms with Gasteiger partial charge in [0.05, 0.1) is 5.41 Å². The van der Waals surface area contributed by atoms with Crippen molar-refractivity contribution in [3.8, 4) is 0 Å². The van der Waals surface area contributed by atoms with Crippen LogP contribution >= 0.6 is 0 Å². The smallest absolute Gasteiger partial charge is 0.410 e. The Kier molecular flexibility index (Phi) is 8.37. The number of aliphatic imine (C=N–C) groups is 1. The number of amides is 2. The number of rotatable bonds is 5. The fourth-order valence-electron chi connectivity index (χ4n) is 2.76. The molecule has 0 aromatic rings. The number of carbonyl (C=O) groups is 2. The summed E-state index contributed by atoms with van der Waals surface area (Å²) in [5.74, 6) is 0.630. The summed E-state index contributed by atoms with van der Waals surface area (Å²) in [4.78, 5) is 30.4. The summed E-state index contributed by atoms with van der Waals surface area (Å²) in [6.07, 6.45) is 1.56. The van der Waals surface area contributed by atoms with E-state index in [1.807, 2.05) is 41.5 Å². The van der Waals surface area contributed by atoms with Gasteiger partial charge in [0.15, 0.2) is 5.96 Å². The third-order valence-electron chi connectivity index (χ3n) is 4.29. The Bertz CT molecular complexity index is 540. The van der Waals surface area contributed by atoms with Gasteiger partial charge in [0.25, 0.3) is 0 Å². The van der Waals surface area contributed by atoms with Gasteiger partial charge in [-0.25, -0.2) is 4.79 Å². The lowest BCUT2D eigenvalue weighted by Gasteiger charge is -2.35. The second kappa shape index (κ2) is 9.80. The second-order valence-electron chi connectivity index (χ2n) is 8.58. The lowest BCUT2D eigenvalue weighted by Crippen LogP contribution is -2.54. The number of piperidine rings is 1. The highest BCUT2D eigenvalue weighted by Gasteiger charge is 2.30. The van der Waals surface area contributed by atoms with Crippen LogP contribution in [0.1, 0.15) is 54.4 Å². The quantitative estimate of drug-likeness (QED) is 0.496. The first-order chi connectivity index (χ1) is 12.5. The van der Waals surface area contributed by atoms with Gasteiger partial charge in [-0.3, -0.25) is 9.79 Å². The number of guanidine groups is 1. The van der Waals surface area contributed by atoms with Crippen molar-refractivity contribution in [1.29, 1.82) is 0 Å². The average molecular weight is 384 g/mol. The first kappa shape index (κ1) is 23.0. The van der Waals surface area contributed by atoms with Gasteiger partial charge in [-0.1, -0.05) is 0 Å². The normalized spacial score (nSPS) is 18.7. The number of hydrogen-bond acceptors (Lipinski definition) is 4. The summed E-state index contributed by atoms with van der Waals surface area (Å²) in [5.41, 5.74) is -1.05. The van der Waals surface area contributed by atoms with Crippen molar-refractivity contribution in [1.82, 2.24) is 20.9 Å². The predicted octanol–water partition coefficient (Wildman–Crippen LogP) is 1.71. The Labute approximate surface area is 163 Å². The molecule has 2 amide bonds. The van der Waals surface area contributed by atoms with Crippen LogP contribution in [-0.4, -0.2) is 67.7 Å². The van der Waals surface area contributed by atoms with Gasteiger partial charge in [-0.15, -0.1) is 0 Å². The molecule has 1 unspecified atom stereocenters. The standard InChI is InChI=1S/C19H37N5O3/c1-8-21-15(25)19(5,6)13-22-16(20-7)23-14-10-9-11-24(12-14)17(26)27-18(2,3)4/h14H,8-13H2,1-7H3,(H,21,25)(H2,20,22,23). The fourth-order valence-corrected chi connectivity index (χ4v) is 2.76. The van der Waals surface area contributed by atoms with Crippen molar-refractivity contribution in [2.75, 3.05) is 33.2 Å². The minimum atomic E-state index is -0.553. The fraction of sp³-hybridized carbons (Fsp3) is 0.842. The summed E-state index contributed by atoms with van der Waals surface area (Å²) in [7, 11) is 1.70. The van der Waals surface area contributed by atoms with Crippen molar-refractivity contribution < 1.29 is 14.3 Å². The van der Waals surface area contributed by atoms with E-state index in [1.54, 1.807) is 11.9 Å². The van der Waals surface area contributed by atoms with Crippen LogP contribution < -0.4 is 16.0 Å². The molecule has 1 aliphatic rings. The molecule has 3 N–H and O–H groups in total. The highest BCUT2D eigenvalue weighted by molar-refractivity contribution is 5.84. The van der Waals surface area contributed by atoms with Gasteiger partial charge in [0.1, 0.15) is 5.60 Å². The van der Waals surface area contributed by atoms with Crippen molar-refractivity contribution in [3.05, 3.63) is 0 Å². The maximum atomic E-state index is 12.3. The number of ether oxygens (including phenoxy) is 1. The molecule has 0 spiro atoms. The van der Waals surface area contributed by atoms with E-state index in [9.17, 15) is 9.59 Å². The van der Waals surface area contributed by atoms with Crippen LogP contribution in [-0.2, 0) is 9.53 Å². The highest BCUT2D eigenvalue weighted by atomic mass is 16.6. The largest absolute Gasteiger partial charge is 0.444 e. The van der Waals surface area contributed by atoms with E-state index in [-0.39, 0.29) is 18.0 Å². The summed E-state index contributed by atoms with van der Waals surface area (Å²) in [5, 5.41) is 9.42. The Morgan fingerprint density at radius 2 is 1.85 bits per heavy atom. The first-order valence-corrected chi connectivity index (χ1v) is 9.72. The van der Waals surface area contributed by atoms with E-state index in [2.05, 4.69) is 20.9 Å². The van der Waals surface area contributed by atoms with Crippen molar-refractivity contribution >= 4 is 18.0 Å². The molecule has 0 saturated carbocycles. The molecule has 0 bridgehead atoms. The monoisotopic (exact) mass is 383 g/mol. The molecule has 1 aliphatic heterocycles. The minimum absolute atomic E-state index is 0.00159. The van der Waals surface area contributed by atoms with Crippen LogP contribution in [0, 0.1) is 5.41 Å². The zero-order valence-electron chi connectivity index (χ0n) is 17.9. The molecule has 1 saturated heterocycles.